The van der Waals surface area contributed by atoms with Gasteiger partial charge >= 0.3 is 6.09 Å². The van der Waals surface area contributed by atoms with Gasteiger partial charge in [0.25, 0.3) is 5.69 Å². The van der Waals surface area contributed by atoms with Crippen molar-refractivity contribution in [1.82, 2.24) is 5.06 Å². The van der Waals surface area contributed by atoms with Crippen LogP contribution in [0.15, 0.2) is 18.2 Å². The van der Waals surface area contributed by atoms with Crippen molar-refractivity contribution < 1.29 is 19.7 Å². The first-order valence-corrected chi connectivity index (χ1v) is 4.38. The summed E-state index contributed by atoms with van der Waals surface area (Å²) in [6.07, 6.45) is -1.06. The van der Waals surface area contributed by atoms with E-state index in [0.717, 1.165) is 13.1 Å². The van der Waals surface area contributed by atoms with Gasteiger partial charge in [-0.1, -0.05) is 11.6 Å². The number of ether oxygens (including phenoxy) is 1. The summed E-state index contributed by atoms with van der Waals surface area (Å²) < 4.78 is 4.60. The number of hydroxylamine groups is 2. The number of hydrogen-bond acceptors (Lipinski definition) is 5. The molecule has 16 heavy (non-hydrogen) atoms. The quantitative estimate of drug-likeness (QED) is 0.490. The number of rotatable bonds is 2. The number of hydrogen-bond donors (Lipinski definition) is 1. The normalized spacial score (nSPS) is 9.69. The molecule has 0 atom stereocenters. The predicted molar refractivity (Wildman–Crippen MR) is 53.7 cm³/mol. The summed E-state index contributed by atoms with van der Waals surface area (Å²) in [5.74, 6) is -0.0815. The third-order valence-electron chi connectivity index (χ3n) is 1.58. The molecule has 7 nitrogen and oxygen atoms in total. The average Bonchev–Trinajstić information content (AvgIpc) is 2.20. The Kier molecular flexibility index (Phi) is 3.64. The van der Waals surface area contributed by atoms with Gasteiger partial charge in [0.05, 0.1) is 11.0 Å². The maximum atomic E-state index is 10.9. The molecule has 1 amide bonds. The van der Waals surface area contributed by atoms with Gasteiger partial charge in [-0.15, -0.1) is 0 Å². The lowest BCUT2D eigenvalue weighted by Crippen LogP contribution is -2.25. The molecule has 1 aromatic rings. The Morgan fingerprint density at radius 1 is 1.62 bits per heavy atom. The summed E-state index contributed by atoms with van der Waals surface area (Å²) >= 11 is 5.55. The number of carbonyl (C=O) groups is 1. The van der Waals surface area contributed by atoms with Crippen LogP contribution in [-0.2, 0) is 0 Å². The molecule has 0 aromatic heterocycles. The number of nitro benzene ring substituents is 1. The zero-order chi connectivity index (χ0) is 12.3. The van der Waals surface area contributed by atoms with E-state index >= 15 is 0 Å². The lowest BCUT2D eigenvalue weighted by Gasteiger charge is -2.08. The van der Waals surface area contributed by atoms with Crippen LogP contribution in [0.4, 0.5) is 10.5 Å². The van der Waals surface area contributed by atoms with Crippen LogP contribution in [-0.4, -0.2) is 28.3 Å². The minimum atomic E-state index is -1.06. The summed E-state index contributed by atoms with van der Waals surface area (Å²) in [7, 11) is 1.06. The maximum Gasteiger partial charge on any atom is 0.438 e. The number of halogens is 1. The Balaban J connectivity index is 2.95. The van der Waals surface area contributed by atoms with Crippen molar-refractivity contribution in [2.75, 3.05) is 7.05 Å². The second kappa shape index (κ2) is 4.77. The molecule has 1 aromatic carbocycles. The standard InChI is InChI=1S/C8H7ClN2O5/c1-10(13)8(12)16-5-2-3-6(9)7(4-5)11(14)15/h2-4,13H,1H3. The van der Waals surface area contributed by atoms with E-state index in [4.69, 9.17) is 16.8 Å². The van der Waals surface area contributed by atoms with Crippen molar-refractivity contribution in [3.63, 3.8) is 0 Å². The third-order valence-corrected chi connectivity index (χ3v) is 1.90. The molecule has 86 valence electrons. The van der Waals surface area contributed by atoms with Crippen molar-refractivity contribution in [2.45, 2.75) is 0 Å². The van der Waals surface area contributed by atoms with Crippen molar-refractivity contribution in [3.8, 4) is 5.75 Å². The van der Waals surface area contributed by atoms with Gasteiger partial charge in [0.2, 0.25) is 0 Å². The number of nitro groups is 1. The molecule has 0 bridgehead atoms. The molecular formula is C8H7ClN2O5. The molecule has 0 radical (unpaired) electrons. The molecule has 0 heterocycles. The minimum absolute atomic E-state index is 0.0675. The second-order valence-electron chi connectivity index (χ2n) is 2.76. The first-order valence-electron chi connectivity index (χ1n) is 4.00. The van der Waals surface area contributed by atoms with Crippen LogP contribution >= 0.6 is 11.6 Å². The molecule has 0 unspecified atom stereocenters. The van der Waals surface area contributed by atoms with E-state index in [1.54, 1.807) is 0 Å². The molecule has 0 aliphatic rings. The van der Waals surface area contributed by atoms with Gasteiger partial charge in [-0.25, -0.2) is 4.79 Å². The molecule has 0 saturated heterocycles. The van der Waals surface area contributed by atoms with Crippen LogP contribution < -0.4 is 4.74 Å². The molecule has 1 N–H and O–H groups in total. The first kappa shape index (κ1) is 12.2. The van der Waals surface area contributed by atoms with Gasteiger partial charge in [0.1, 0.15) is 10.8 Å². The largest absolute Gasteiger partial charge is 0.438 e. The summed E-state index contributed by atoms with van der Waals surface area (Å²) in [5.41, 5.74) is -0.382. The highest BCUT2D eigenvalue weighted by atomic mass is 35.5. The fourth-order valence-corrected chi connectivity index (χ4v) is 1.05. The van der Waals surface area contributed by atoms with E-state index in [0.29, 0.717) is 0 Å². The Bertz CT molecular complexity index is 434. The highest BCUT2D eigenvalue weighted by molar-refractivity contribution is 6.32. The first-order chi connectivity index (χ1) is 7.41. The van der Waals surface area contributed by atoms with Crippen molar-refractivity contribution in [1.29, 1.82) is 0 Å². The van der Waals surface area contributed by atoms with Crippen LogP contribution in [0.5, 0.6) is 5.75 Å². The average molecular weight is 247 g/mol. The van der Waals surface area contributed by atoms with Crippen LogP contribution in [0.1, 0.15) is 0 Å². The highest BCUT2D eigenvalue weighted by Gasteiger charge is 2.16. The predicted octanol–water partition coefficient (Wildman–Crippen LogP) is 2.07. The SMILES string of the molecule is CN(O)C(=O)Oc1ccc(Cl)c([N+](=O)[O-])c1. The highest BCUT2D eigenvalue weighted by Crippen LogP contribution is 2.28. The van der Waals surface area contributed by atoms with Crippen LogP contribution in [0, 0.1) is 10.1 Å². The molecule has 0 aliphatic heterocycles. The Morgan fingerprint density at radius 2 is 2.25 bits per heavy atom. The summed E-state index contributed by atoms with van der Waals surface area (Å²) in [5, 5.41) is 19.4. The van der Waals surface area contributed by atoms with Gasteiger partial charge in [-0.05, 0) is 12.1 Å². The minimum Gasteiger partial charge on any atom is -0.408 e. The van der Waals surface area contributed by atoms with Crippen LogP contribution in [0.2, 0.25) is 5.02 Å². The molecule has 8 heteroatoms. The van der Waals surface area contributed by atoms with Gasteiger partial charge in [0, 0.05) is 7.05 Å². The van der Waals surface area contributed by atoms with Gasteiger partial charge in [-0.3, -0.25) is 15.3 Å². The Morgan fingerprint density at radius 3 is 2.75 bits per heavy atom. The Labute approximate surface area is 94.9 Å². The monoisotopic (exact) mass is 246 g/mol. The van der Waals surface area contributed by atoms with Gasteiger partial charge in [-0.2, -0.15) is 5.06 Å². The van der Waals surface area contributed by atoms with E-state index in [1.165, 1.54) is 12.1 Å². The van der Waals surface area contributed by atoms with Crippen LogP contribution in [0.3, 0.4) is 0 Å². The van der Waals surface area contributed by atoms with Crippen molar-refractivity contribution in [3.05, 3.63) is 33.3 Å². The smallest absolute Gasteiger partial charge is 0.408 e. The van der Waals surface area contributed by atoms with Gasteiger partial charge in [0.15, 0.2) is 0 Å². The fourth-order valence-electron chi connectivity index (χ4n) is 0.863. The van der Waals surface area contributed by atoms with E-state index in [2.05, 4.69) is 4.74 Å². The maximum absolute atomic E-state index is 10.9. The van der Waals surface area contributed by atoms with E-state index < -0.39 is 11.0 Å². The van der Waals surface area contributed by atoms with Crippen molar-refractivity contribution in [2.24, 2.45) is 0 Å². The Hall–Kier alpha value is -1.86. The summed E-state index contributed by atoms with van der Waals surface area (Å²) in [6.45, 7) is 0. The second-order valence-corrected chi connectivity index (χ2v) is 3.17. The topological polar surface area (TPSA) is 92.9 Å². The molecule has 0 saturated carbocycles. The van der Waals surface area contributed by atoms with Crippen LogP contribution in [0.25, 0.3) is 0 Å². The molecule has 0 spiro atoms. The summed E-state index contributed by atoms with van der Waals surface area (Å²) in [6, 6.07) is 3.49. The van der Waals surface area contributed by atoms with E-state index in [9.17, 15) is 14.9 Å². The van der Waals surface area contributed by atoms with Gasteiger partial charge < -0.3 is 4.74 Å². The zero-order valence-electron chi connectivity index (χ0n) is 8.08. The fraction of sp³-hybridized carbons (Fsp3) is 0.125. The van der Waals surface area contributed by atoms with Crippen molar-refractivity contribution >= 4 is 23.4 Å². The number of benzene rings is 1. The lowest BCUT2D eigenvalue weighted by molar-refractivity contribution is -0.384. The third kappa shape index (κ3) is 2.81. The number of carbonyl (C=O) groups excluding carboxylic acids is 1. The molecular weight excluding hydrogens is 240 g/mol. The molecule has 0 fully saturated rings. The molecule has 0 aliphatic carbocycles. The number of nitrogens with zero attached hydrogens (tertiary/aromatic N) is 2. The zero-order valence-corrected chi connectivity index (χ0v) is 8.84. The molecule has 1 rings (SSSR count). The van der Waals surface area contributed by atoms with E-state index in [1.807, 2.05) is 0 Å². The number of amides is 1. The summed E-state index contributed by atoms with van der Waals surface area (Å²) in [4.78, 5) is 20.7. The lowest BCUT2D eigenvalue weighted by atomic mass is 10.3. The van der Waals surface area contributed by atoms with E-state index in [-0.39, 0.29) is 21.5 Å².